The lowest BCUT2D eigenvalue weighted by molar-refractivity contribution is -0.122. The summed E-state index contributed by atoms with van der Waals surface area (Å²) in [6, 6.07) is 14.9. The predicted octanol–water partition coefficient (Wildman–Crippen LogP) is 2.85. The van der Waals surface area contributed by atoms with Gasteiger partial charge in [-0.3, -0.25) is 4.79 Å². The summed E-state index contributed by atoms with van der Waals surface area (Å²) in [5.74, 6) is 0. The molecule has 0 fully saturated rings. The van der Waals surface area contributed by atoms with Gasteiger partial charge in [0.25, 0.3) is 6.47 Å². The van der Waals surface area contributed by atoms with E-state index in [9.17, 15) is 0 Å². The molecule has 0 radical (unpaired) electrons. The quantitative estimate of drug-likeness (QED) is 0.645. The molecule has 2 aromatic rings. The van der Waals surface area contributed by atoms with Crippen molar-refractivity contribution in [2.45, 2.75) is 6.92 Å². The van der Waals surface area contributed by atoms with Gasteiger partial charge >= 0.3 is 0 Å². The van der Waals surface area contributed by atoms with Gasteiger partial charge in [-0.25, -0.2) is 0 Å². The van der Waals surface area contributed by atoms with Crippen LogP contribution >= 0.6 is 0 Å². The second-order valence-electron chi connectivity index (χ2n) is 2.96. The molecule has 0 unspecified atom stereocenters. The molecule has 0 aliphatic rings. The maximum absolute atomic E-state index is 8.36. The monoisotopic (exact) mass is 188 g/mol. The van der Waals surface area contributed by atoms with Crippen LogP contribution in [0.15, 0.2) is 42.5 Å². The van der Waals surface area contributed by atoms with Crippen molar-refractivity contribution in [3.63, 3.8) is 0 Å². The van der Waals surface area contributed by atoms with E-state index in [-0.39, 0.29) is 6.47 Å². The molecule has 1 N–H and O–H groups in total. The van der Waals surface area contributed by atoms with Gasteiger partial charge in [0.1, 0.15) is 0 Å². The Morgan fingerprint density at radius 1 is 1.07 bits per heavy atom. The van der Waals surface area contributed by atoms with Gasteiger partial charge in [-0.15, -0.1) is 0 Å². The Morgan fingerprint density at radius 2 is 1.64 bits per heavy atom. The molecule has 0 aliphatic heterocycles. The van der Waals surface area contributed by atoms with Crippen LogP contribution in [0.1, 0.15) is 5.56 Å². The number of carboxylic acid groups (broad SMARTS) is 1. The normalized spacial score (nSPS) is 8.93. The minimum Gasteiger partial charge on any atom is -0.483 e. The predicted molar refractivity (Wildman–Crippen MR) is 57.4 cm³/mol. The highest BCUT2D eigenvalue weighted by Crippen LogP contribution is 2.14. The van der Waals surface area contributed by atoms with Gasteiger partial charge in [0.05, 0.1) is 0 Å². The van der Waals surface area contributed by atoms with Crippen molar-refractivity contribution in [1.82, 2.24) is 0 Å². The zero-order valence-corrected chi connectivity index (χ0v) is 7.97. The van der Waals surface area contributed by atoms with E-state index in [0.29, 0.717) is 0 Å². The first-order chi connectivity index (χ1) is 6.77. The summed E-state index contributed by atoms with van der Waals surface area (Å²) in [6.45, 7) is 1.87. The topological polar surface area (TPSA) is 37.3 Å². The SMILES string of the molecule is Cc1ccc2ccccc2c1.O=CO. The maximum atomic E-state index is 8.36. The van der Waals surface area contributed by atoms with E-state index in [1.165, 1.54) is 16.3 Å². The van der Waals surface area contributed by atoms with Crippen LogP contribution in [0.2, 0.25) is 0 Å². The molecule has 0 amide bonds. The largest absolute Gasteiger partial charge is 0.483 e. The van der Waals surface area contributed by atoms with Gasteiger partial charge in [-0.2, -0.15) is 0 Å². The first-order valence-electron chi connectivity index (χ1n) is 4.31. The zero-order valence-electron chi connectivity index (χ0n) is 7.97. The maximum Gasteiger partial charge on any atom is 0.290 e. The fourth-order valence-electron chi connectivity index (χ4n) is 1.31. The molecule has 0 spiro atoms. The zero-order chi connectivity index (χ0) is 10.4. The van der Waals surface area contributed by atoms with Crippen LogP contribution in [0.4, 0.5) is 0 Å². The molecule has 2 rings (SSSR count). The van der Waals surface area contributed by atoms with Crippen LogP contribution in [0, 0.1) is 6.92 Å². The second kappa shape index (κ2) is 5.02. The molecule has 0 aromatic heterocycles. The van der Waals surface area contributed by atoms with Gasteiger partial charge in [-0.1, -0.05) is 48.0 Å². The molecule has 2 aromatic carbocycles. The molecule has 0 saturated carbocycles. The van der Waals surface area contributed by atoms with E-state index in [1.54, 1.807) is 0 Å². The Bertz CT molecular complexity index is 421. The van der Waals surface area contributed by atoms with E-state index in [4.69, 9.17) is 9.90 Å². The van der Waals surface area contributed by atoms with Crippen LogP contribution in [-0.4, -0.2) is 11.6 Å². The van der Waals surface area contributed by atoms with Crippen molar-refractivity contribution >= 4 is 17.2 Å². The van der Waals surface area contributed by atoms with Gasteiger partial charge < -0.3 is 5.11 Å². The smallest absolute Gasteiger partial charge is 0.290 e. The summed E-state index contributed by atoms with van der Waals surface area (Å²) in [7, 11) is 0. The number of fused-ring (bicyclic) bond motifs is 1. The summed E-state index contributed by atoms with van der Waals surface area (Å²) < 4.78 is 0. The van der Waals surface area contributed by atoms with E-state index in [0.717, 1.165) is 0 Å². The van der Waals surface area contributed by atoms with Crippen molar-refractivity contribution in [3.8, 4) is 0 Å². The summed E-state index contributed by atoms with van der Waals surface area (Å²) in [6.07, 6.45) is 0. The average molecular weight is 188 g/mol. The van der Waals surface area contributed by atoms with E-state index < -0.39 is 0 Å². The highest BCUT2D eigenvalue weighted by molar-refractivity contribution is 5.82. The van der Waals surface area contributed by atoms with Gasteiger partial charge in [0.2, 0.25) is 0 Å². The minimum absolute atomic E-state index is 0.250. The first-order valence-corrected chi connectivity index (χ1v) is 4.31. The Balaban J connectivity index is 0.000000293. The molecular formula is C12H12O2. The lowest BCUT2D eigenvalue weighted by Gasteiger charge is -1.96. The number of hydrogen-bond acceptors (Lipinski definition) is 1. The van der Waals surface area contributed by atoms with Crippen LogP contribution in [0.25, 0.3) is 10.8 Å². The van der Waals surface area contributed by atoms with Crippen LogP contribution < -0.4 is 0 Å². The van der Waals surface area contributed by atoms with Crippen molar-refractivity contribution in [2.75, 3.05) is 0 Å². The number of hydrogen-bond donors (Lipinski definition) is 1. The number of carbonyl (C=O) groups is 1. The molecule has 2 heteroatoms. The Morgan fingerprint density at radius 3 is 2.29 bits per heavy atom. The first kappa shape index (κ1) is 10.3. The second-order valence-corrected chi connectivity index (χ2v) is 2.96. The number of aryl methyl sites for hydroxylation is 1. The standard InChI is InChI=1S/C11H10.CH2O2/c1-9-6-7-10-4-2-3-5-11(10)8-9;2-1-3/h2-8H,1H3;1H,(H,2,3). The van der Waals surface area contributed by atoms with E-state index in [1.807, 2.05) is 0 Å². The molecule has 72 valence electrons. The Hall–Kier alpha value is -1.83. The third-order valence-corrected chi connectivity index (χ3v) is 1.90. The molecule has 2 nitrogen and oxygen atoms in total. The van der Waals surface area contributed by atoms with E-state index >= 15 is 0 Å². The van der Waals surface area contributed by atoms with Crippen LogP contribution in [0.3, 0.4) is 0 Å². The Kier molecular flexibility index (Phi) is 3.68. The van der Waals surface area contributed by atoms with Crippen molar-refractivity contribution < 1.29 is 9.90 Å². The summed E-state index contributed by atoms with van der Waals surface area (Å²) in [4.78, 5) is 8.36. The fourth-order valence-corrected chi connectivity index (χ4v) is 1.31. The molecule has 0 bridgehead atoms. The lowest BCUT2D eigenvalue weighted by atomic mass is 10.1. The van der Waals surface area contributed by atoms with Gasteiger partial charge in [0, 0.05) is 0 Å². The van der Waals surface area contributed by atoms with Crippen molar-refractivity contribution in [3.05, 3.63) is 48.0 Å². The van der Waals surface area contributed by atoms with Crippen molar-refractivity contribution in [2.24, 2.45) is 0 Å². The highest BCUT2D eigenvalue weighted by Gasteiger charge is 1.89. The molecule has 0 atom stereocenters. The summed E-state index contributed by atoms with van der Waals surface area (Å²) in [5, 5.41) is 9.53. The number of rotatable bonds is 0. The van der Waals surface area contributed by atoms with Crippen LogP contribution in [-0.2, 0) is 4.79 Å². The van der Waals surface area contributed by atoms with Gasteiger partial charge in [-0.05, 0) is 17.7 Å². The molecule has 0 heterocycles. The third-order valence-electron chi connectivity index (χ3n) is 1.90. The van der Waals surface area contributed by atoms with Gasteiger partial charge in [0.15, 0.2) is 0 Å². The van der Waals surface area contributed by atoms with Crippen LogP contribution in [0.5, 0.6) is 0 Å². The van der Waals surface area contributed by atoms with Crippen molar-refractivity contribution in [1.29, 1.82) is 0 Å². The molecule has 0 aliphatic carbocycles. The molecule has 0 saturated heterocycles. The lowest BCUT2D eigenvalue weighted by Crippen LogP contribution is -1.73. The fraction of sp³-hybridized carbons (Fsp3) is 0.0833. The summed E-state index contributed by atoms with van der Waals surface area (Å²) in [5.41, 5.74) is 1.32. The average Bonchev–Trinajstić information content (AvgIpc) is 2.19. The molecular weight excluding hydrogens is 176 g/mol. The minimum atomic E-state index is -0.250. The number of benzene rings is 2. The third kappa shape index (κ3) is 2.59. The van der Waals surface area contributed by atoms with E-state index in [2.05, 4.69) is 49.4 Å². The highest BCUT2D eigenvalue weighted by atomic mass is 16.3. The Labute approximate surface area is 82.8 Å². The summed E-state index contributed by atoms with van der Waals surface area (Å²) >= 11 is 0. The molecule has 14 heavy (non-hydrogen) atoms.